The van der Waals surface area contributed by atoms with Crippen molar-refractivity contribution >= 4 is 5.78 Å². The van der Waals surface area contributed by atoms with Crippen LogP contribution in [0.15, 0.2) is 36.7 Å². The molecule has 0 aliphatic rings. The zero-order chi connectivity index (χ0) is 13.1. The van der Waals surface area contributed by atoms with Crippen molar-refractivity contribution in [1.82, 2.24) is 4.98 Å². The Bertz CT molecular complexity index is 599. The van der Waals surface area contributed by atoms with Crippen LogP contribution < -0.4 is 4.74 Å². The van der Waals surface area contributed by atoms with Crippen molar-refractivity contribution in [3.05, 3.63) is 59.4 Å². The van der Waals surface area contributed by atoms with E-state index >= 15 is 0 Å². The van der Waals surface area contributed by atoms with Gasteiger partial charge in [0.1, 0.15) is 5.75 Å². The van der Waals surface area contributed by atoms with Crippen molar-refractivity contribution in [3.63, 3.8) is 0 Å². The van der Waals surface area contributed by atoms with Gasteiger partial charge in [-0.1, -0.05) is 6.07 Å². The summed E-state index contributed by atoms with van der Waals surface area (Å²) in [7, 11) is 1.37. The van der Waals surface area contributed by atoms with Gasteiger partial charge in [0.25, 0.3) is 0 Å². The molecule has 0 spiro atoms. The molecule has 1 aromatic carbocycles. The van der Waals surface area contributed by atoms with Crippen LogP contribution in [0.2, 0.25) is 0 Å². The molecule has 3 nitrogen and oxygen atoms in total. The zero-order valence-corrected chi connectivity index (χ0v) is 9.48. The van der Waals surface area contributed by atoms with Crippen LogP contribution in [0.25, 0.3) is 0 Å². The van der Waals surface area contributed by atoms with Gasteiger partial charge < -0.3 is 4.74 Å². The van der Waals surface area contributed by atoms with E-state index in [9.17, 15) is 13.6 Å². The monoisotopic (exact) mass is 249 g/mol. The van der Waals surface area contributed by atoms with E-state index in [0.29, 0.717) is 0 Å². The molecule has 0 radical (unpaired) electrons. The molecule has 0 N–H and O–H groups in total. The van der Waals surface area contributed by atoms with Gasteiger partial charge in [0.15, 0.2) is 17.4 Å². The van der Waals surface area contributed by atoms with Gasteiger partial charge in [-0.15, -0.1) is 0 Å². The second kappa shape index (κ2) is 4.91. The summed E-state index contributed by atoms with van der Waals surface area (Å²) in [5, 5.41) is 0. The van der Waals surface area contributed by atoms with Crippen LogP contribution in [0.5, 0.6) is 5.75 Å². The van der Waals surface area contributed by atoms with Gasteiger partial charge in [-0.05, 0) is 18.2 Å². The predicted molar refractivity (Wildman–Crippen MR) is 60.6 cm³/mol. The quantitative estimate of drug-likeness (QED) is 0.785. The number of carbonyl (C=O) groups excluding carboxylic acids is 1. The van der Waals surface area contributed by atoms with Crippen LogP contribution in [0.1, 0.15) is 15.9 Å². The molecule has 0 unspecified atom stereocenters. The first kappa shape index (κ1) is 12.2. The first-order valence-corrected chi connectivity index (χ1v) is 5.12. The molecule has 0 aliphatic carbocycles. The Morgan fingerprint density at radius 2 is 2.00 bits per heavy atom. The Labute approximate surface area is 102 Å². The second-order valence-corrected chi connectivity index (χ2v) is 3.51. The minimum absolute atomic E-state index is 0.136. The zero-order valence-electron chi connectivity index (χ0n) is 9.48. The van der Waals surface area contributed by atoms with Gasteiger partial charge in [-0.25, -0.2) is 8.78 Å². The number of halogens is 2. The Balaban J connectivity index is 2.52. The van der Waals surface area contributed by atoms with Crippen LogP contribution in [0.4, 0.5) is 8.78 Å². The molecule has 1 heterocycles. The highest BCUT2D eigenvalue weighted by molar-refractivity contribution is 6.10. The fourth-order valence-corrected chi connectivity index (χ4v) is 1.55. The summed E-state index contributed by atoms with van der Waals surface area (Å²) in [6.45, 7) is 0. The Morgan fingerprint density at radius 3 is 2.72 bits per heavy atom. The first-order chi connectivity index (χ1) is 8.65. The Hall–Kier alpha value is -2.30. The van der Waals surface area contributed by atoms with Gasteiger partial charge in [0.2, 0.25) is 0 Å². The average molecular weight is 249 g/mol. The number of hydrogen-bond donors (Lipinski definition) is 0. The van der Waals surface area contributed by atoms with E-state index in [-0.39, 0.29) is 16.9 Å². The van der Waals surface area contributed by atoms with Crippen molar-refractivity contribution < 1.29 is 18.3 Å². The van der Waals surface area contributed by atoms with Gasteiger partial charge in [0.05, 0.1) is 24.4 Å². The van der Waals surface area contributed by atoms with E-state index in [0.717, 1.165) is 6.07 Å². The standard InChI is InChI=1S/C13H9F2NO2/c1-18-11-7-16-6-5-8(11)13(17)9-3-2-4-10(14)12(9)15/h2-7H,1H3. The number of pyridine rings is 1. The molecule has 0 aliphatic heterocycles. The fourth-order valence-electron chi connectivity index (χ4n) is 1.55. The minimum Gasteiger partial charge on any atom is -0.494 e. The highest BCUT2D eigenvalue weighted by Crippen LogP contribution is 2.22. The van der Waals surface area contributed by atoms with Gasteiger partial charge in [-0.3, -0.25) is 9.78 Å². The number of carbonyl (C=O) groups is 1. The van der Waals surface area contributed by atoms with Crippen LogP contribution in [-0.4, -0.2) is 17.9 Å². The van der Waals surface area contributed by atoms with Crippen molar-refractivity contribution in [2.45, 2.75) is 0 Å². The lowest BCUT2D eigenvalue weighted by Gasteiger charge is -2.07. The number of ether oxygens (including phenoxy) is 1. The fraction of sp³-hybridized carbons (Fsp3) is 0.0769. The summed E-state index contributed by atoms with van der Waals surface area (Å²) >= 11 is 0. The van der Waals surface area contributed by atoms with Crippen LogP contribution in [-0.2, 0) is 0 Å². The number of rotatable bonds is 3. The SMILES string of the molecule is COc1cnccc1C(=O)c1cccc(F)c1F. The number of hydrogen-bond acceptors (Lipinski definition) is 3. The smallest absolute Gasteiger partial charge is 0.199 e. The van der Waals surface area contributed by atoms with E-state index in [4.69, 9.17) is 4.74 Å². The molecule has 0 bridgehead atoms. The van der Waals surface area contributed by atoms with Crippen molar-refractivity contribution in [2.75, 3.05) is 7.11 Å². The van der Waals surface area contributed by atoms with Crippen molar-refractivity contribution in [1.29, 1.82) is 0 Å². The highest BCUT2D eigenvalue weighted by Gasteiger charge is 2.19. The molecule has 5 heteroatoms. The molecular formula is C13H9F2NO2. The summed E-state index contributed by atoms with van der Waals surface area (Å²) in [5.74, 6) is -2.66. The van der Waals surface area contributed by atoms with Gasteiger partial charge in [0, 0.05) is 6.20 Å². The van der Waals surface area contributed by atoms with Crippen LogP contribution >= 0.6 is 0 Å². The van der Waals surface area contributed by atoms with Crippen molar-refractivity contribution in [3.8, 4) is 5.75 Å². The maximum atomic E-state index is 13.5. The van der Waals surface area contributed by atoms with Crippen molar-refractivity contribution in [2.24, 2.45) is 0 Å². The third kappa shape index (κ3) is 2.07. The molecule has 0 atom stereocenters. The molecule has 1 aromatic heterocycles. The lowest BCUT2D eigenvalue weighted by Crippen LogP contribution is -2.07. The summed E-state index contributed by atoms with van der Waals surface area (Å²) in [6, 6.07) is 4.85. The lowest BCUT2D eigenvalue weighted by atomic mass is 10.0. The van der Waals surface area contributed by atoms with Gasteiger partial charge >= 0.3 is 0 Å². The number of benzene rings is 1. The largest absolute Gasteiger partial charge is 0.494 e. The van der Waals surface area contributed by atoms with Crippen LogP contribution in [0.3, 0.4) is 0 Å². The molecule has 0 saturated heterocycles. The molecule has 0 fully saturated rings. The number of nitrogens with zero attached hydrogens (tertiary/aromatic N) is 1. The number of ketones is 1. The highest BCUT2D eigenvalue weighted by atomic mass is 19.2. The van der Waals surface area contributed by atoms with E-state index in [1.807, 2.05) is 0 Å². The van der Waals surface area contributed by atoms with Gasteiger partial charge in [-0.2, -0.15) is 0 Å². The van der Waals surface area contributed by atoms with E-state index in [2.05, 4.69) is 4.98 Å². The minimum atomic E-state index is -1.17. The Morgan fingerprint density at radius 1 is 1.22 bits per heavy atom. The van der Waals surface area contributed by atoms with E-state index < -0.39 is 17.4 Å². The molecule has 2 rings (SSSR count). The third-order valence-electron chi connectivity index (χ3n) is 2.45. The van der Waals surface area contributed by atoms with Crippen LogP contribution in [0, 0.1) is 11.6 Å². The maximum absolute atomic E-state index is 13.5. The summed E-state index contributed by atoms with van der Waals surface area (Å²) < 4.78 is 31.5. The summed E-state index contributed by atoms with van der Waals surface area (Å²) in [6.07, 6.45) is 2.72. The lowest BCUT2D eigenvalue weighted by molar-refractivity contribution is 0.103. The normalized spacial score (nSPS) is 10.2. The number of aromatic nitrogens is 1. The topological polar surface area (TPSA) is 39.2 Å². The number of methoxy groups -OCH3 is 1. The Kier molecular flexibility index (Phi) is 3.32. The predicted octanol–water partition coefficient (Wildman–Crippen LogP) is 2.60. The molecule has 92 valence electrons. The maximum Gasteiger partial charge on any atom is 0.199 e. The van der Waals surface area contributed by atoms with E-state index in [1.165, 1.54) is 37.7 Å². The molecule has 2 aromatic rings. The molecule has 0 saturated carbocycles. The molecule has 0 amide bonds. The third-order valence-corrected chi connectivity index (χ3v) is 2.45. The van der Waals surface area contributed by atoms with E-state index in [1.54, 1.807) is 0 Å². The second-order valence-electron chi connectivity index (χ2n) is 3.51. The molecular weight excluding hydrogens is 240 g/mol. The summed E-state index contributed by atoms with van der Waals surface area (Å²) in [5.41, 5.74) is -0.198. The average Bonchev–Trinajstić information content (AvgIpc) is 2.41. The first-order valence-electron chi connectivity index (χ1n) is 5.12. The summed E-state index contributed by atoms with van der Waals surface area (Å²) in [4.78, 5) is 15.9. The molecule has 18 heavy (non-hydrogen) atoms.